The zero-order valence-corrected chi connectivity index (χ0v) is 16.8. The van der Waals surface area contributed by atoms with Gasteiger partial charge in [-0.15, -0.1) is 0 Å². The summed E-state index contributed by atoms with van der Waals surface area (Å²) < 4.78 is 1.68. The fraction of sp³-hybridized carbons (Fsp3) is 0.273. The van der Waals surface area contributed by atoms with Crippen LogP contribution >= 0.6 is 11.6 Å². The average Bonchev–Trinajstić information content (AvgIpc) is 3.08. The normalized spacial score (nSPS) is 11.0. The largest absolute Gasteiger partial charge is 0.350 e. The second kappa shape index (κ2) is 7.97. The summed E-state index contributed by atoms with van der Waals surface area (Å²) in [5, 5.41) is 8.34. The summed E-state index contributed by atoms with van der Waals surface area (Å²) in [5.41, 5.74) is 5.48. The average molecular weight is 382 g/mol. The summed E-state index contributed by atoms with van der Waals surface area (Å²) in [6.07, 6.45) is 0. The quantitative estimate of drug-likeness (QED) is 0.660. The number of nitrogens with zero attached hydrogens (tertiary/aromatic N) is 2. The molecule has 0 aliphatic carbocycles. The molecule has 1 amide bonds. The second-order valence-corrected chi connectivity index (χ2v) is 7.64. The molecule has 1 aromatic heterocycles. The third-order valence-electron chi connectivity index (χ3n) is 4.49. The number of nitrogens with one attached hydrogen (secondary N) is 1. The minimum absolute atomic E-state index is 0.138. The van der Waals surface area contributed by atoms with Gasteiger partial charge in [-0.3, -0.25) is 4.79 Å². The van der Waals surface area contributed by atoms with E-state index in [9.17, 15) is 4.79 Å². The minimum Gasteiger partial charge on any atom is -0.350 e. The van der Waals surface area contributed by atoms with Crippen molar-refractivity contribution in [1.82, 2.24) is 15.1 Å². The highest BCUT2D eigenvalue weighted by atomic mass is 35.5. The summed E-state index contributed by atoms with van der Waals surface area (Å²) in [6, 6.07) is 15.4. The number of halogens is 1. The van der Waals surface area contributed by atoms with E-state index in [0.29, 0.717) is 23.2 Å². The SMILES string of the molecule is Cc1ccc(-c2cc(C(=O)NCC(C)C)n(-c3ccc(Cl)cc3)n2)cc1C. The Morgan fingerprint density at radius 3 is 2.41 bits per heavy atom. The van der Waals surface area contributed by atoms with Crippen molar-refractivity contribution < 1.29 is 4.79 Å². The molecule has 0 aliphatic rings. The lowest BCUT2D eigenvalue weighted by Gasteiger charge is -2.10. The van der Waals surface area contributed by atoms with Gasteiger partial charge in [-0.1, -0.05) is 37.6 Å². The minimum atomic E-state index is -0.138. The molecular weight excluding hydrogens is 358 g/mol. The van der Waals surface area contributed by atoms with Crippen molar-refractivity contribution in [1.29, 1.82) is 0 Å². The first-order valence-corrected chi connectivity index (χ1v) is 9.45. The Morgan fingerprint density at radius 2 is 1.78 bits per heavy atom. The molecule has 1 heterocycles. The molecule has 0 spiro atoms. The predicted molar refractivity (Wildman–Crippen MR) is 111 cm³/mol. The molecule has 3 rings (SSSR count). The number of amides is 1. The molecule has 1 N–H and O–H groups in total. The van der Waals surface area contributed by atoms with Crippen molar-refractivity contribution in [3.05, 3.63) is 70.4 Å². The highest BCUT2D eigenvalue weighted by Gasteiger charge is 2.18. The van der Waals surface area contributed by atoms with Gasteiger partial charge in [-0.25, -0.2) is 4.68 Å². The highest BCUT2D eigenvalue weighted by molar-refractivity contribution is 6.30. The van der Waals surface area contributed by atoms with Crippen molar-refractivity contribution >= 4 is 17.5 Å². The standard InChI is InChI=1S/C22H24ClN3O/c1-14(2)13-24-22(27)21-12-20(17-6-5-15(3)16(4)11-17)25-26(21)19-9-7-18(23)8-10-19/h5-12,14H,13H2,1-4H3,(H,24,27). The zero-order chi connectivity index (χ0) is 19.6. The van der Waals surface area contributed by atoms with Gasteiger partial charge in [-0.05, 0) is 67.3 Å². The summed E-state index contributed by atoms with van der Waals surface area (Å²) >= 11 is 6.01. The Morgan fingerprint density at radius 1 is 1.07 bits per heavy atom. The molecule has 3 aromatic rings. The van der Waals surface area contributed by atoms with Crippen molar-refractivity contribution in [2.75, 3.05) is 6.54 Å². The van der Waals surface area contributed by atoms with E-state index in [1.165, 1.54) is 11.1 Å². The molecule has 0 fully saturated rings. The van der Waals surface area contributed by atoms with E-state index in [1.54, 1.807) is 16.8 Å². The van der Waals surface area contributed by atoms with Crippen LogP contribution in [0.4, 0.5) is 0 Å². The number of hydrogen-bond donors (Lipinski definition) is 1. The molecule has 2 aromatic carbocycles. The van der Waals surface area contributed by atoms with E-state index < -0.39 is 0 Å². The summed E-state index contributed by atoms with van der Waals surface area (Å²) in [5.74, 6) is 0.237. The van der Waals surface area contributed by atoms with Crippen molar-refractivity contribution in [2.24, 2.45) is 5.92 Å². The van der Waals surface area contributed by atoms with Gasteiger partial charge in [-0.2, -0.15) is 5.10 Å². The van der Waals surface area contributed by atoms with Crippen LogP contribution < -0.4 is 5.32 Å². The Bertz CT molecular complexity index is 958. The topological polar surface area (TPSA) is 46.9 Å². The molecule has 0 aliphatic heterocycles. The van der Waals surface area contributed by atoms with Gasteiger partial charge in [0.05, 0.1) is 11.4 Å². The Labute approximate surface area is 165 Å². The van der Waals surface area contributed by atoms with Crippen molar-refractivity contribution in [3.63, 3.8) is 0 Å². The number of aromatic nitrogens is 2. The maximum Gasteiger partial charge on any atom is 0.270 e. The first-order valence-electron chi connectivity index (χ1n) is 9.07. The Kier molecular flexibility index (Phi) is 5.66. The number of carbonyl (C=O) groups excluding carboxylic acids is 1. The van der Waals surface area contributed by atoms with E-state index >= 15 is 0 Å². The lowest BCUT2D eigenvalue weighted by molar-refractivity contribution is 0.0941. The third kappa shape index (κ3) is 4.40. The third-order valence-corrected chi connectivity index (χ3v) is 4.74. The molecule has 0 unspecified atom stereocenters. The second-order valence-electron chi connectivity index (χ2n) is 7.21. The van der Waals surface area contributed by atoms with Crippen LogP contribution in [0.2, 0.25) is 5.02 Å². The molecule has 0 saturated carbocycles. The number of carbonyl (C=O) groups is 1. The molecule has 0 atom stereocenters. The van der Waals surface area contributed by atoms with Crippen LogP contribution in [-0.2, 0) is 0 Å². The Hall–Kier alpha value is -2.59. The van der Waals surface area contributed by atoms with Crippen molar-refractivity contribution in [2.45, 2.75) is 27.7 Å². The maximum absolute atomic E-state index is 12.8. The molecule has 0 radical (unpaired) electrons. The maximum atomic E-state index is 12.8. The summed E-state index contributed by atoms with van der Waals surface area (Å²) in [4.78, 5) is 12.8. The van der Waals surface area contributed by atoms with Gasteiger partial charge in [0, 0.05) is 17.1 Å². The highest BCUT2D eigenvalue weighted by Crippen LogP contribution is 2.24. The van der Waals surface area contributed by atoms with Crippen LogP contribution in [0.1, 0.15) is 35.5 Å². The van der Waals surface area contributed by atoms with Crippen LogP contribution in [0, 0.1) is 19.8 Å². The molecule has 0 saturated heterocycles. The van der Waals surface area contributed by atoms with Crippen molar-refractivity contribution in [3.8, 4) is 16.9 Å². The van der Waals surface area contributed by atoms with E-state index in [0.717, 1.165) is 16.9 Å². The molecule has 27 heavy (non-hydrogen) atoms. The zero-order valence-electron chi connectivity index (χ0n) is 16.1. The lowest BCUT2D eigenvalue weighted by Crippen LogP contribution is -2.29. The predicted octanol–water partition coefficient (Wildman–Crippen LogP) is 5.20. The van der Waals surface area contributed by atoms with E-state index in [4.69, 9.17) is 16.7 Å². The van der Waals surface area contributed by atoms with E-state index in [2.05, 4.69) is 45.1 Å². The number of hydrogen-bond acceptors (Lipinski definition) is 2. The van der Waals surface area contributed by atoms with Crippen LogP contribution in [0.3, 0.4) is 0 Å². The number of benzene rings is 2. The molecular formula is C22H24ClN3O. The van der Waals surface area contributed by atoms with E-state index in [1.807, 2.05) is 24.3 Å². The first kappa shape index (κ1) is 19.2. The van der Waals surface area contributed by atoms with Crippen LogP contribution in [0.5, 0.6) is 0 Å². The van der Waals surface area contributed by atoms with Gasteiger partial charge in [0.25, 0.3) is 5.91 Å². The fourth-order valence-corrected chi connectivity index (χ4v) is 2.88. The fourth-order valence-electron chi connectivity index (χ4n) is 2.75. The molecule has 5 heteroatoms. The first-order chi connectivity index (χ1) is 12.8. The van der Waals surface area contributed by atoms with Crippen LogP contribution in [0.15, 0.2) is 48.5 Å². The number of aryl methyl sites for hydroxylation is 2. The van der Waals surface area contributed by atoms with Gasteiger partial charge >= 0.3 is 0 Å². The smallest absolute Gasteiger partial charge is 0.270 e. The molecule has 4 nitrogen and oxygen atoms in total. The van der Waals surface area contributed by atoms with Crippen LogP contribution in [0.25, 0.3) is 16.9 Å². The monoisotopic (exact) mass is 381 g/mol. The van der Waals surface area contributed by atoms with Gasteiger partial charge in [0.1, 0.15) is 5.69 Å². The van der Waals surface area contributed by atoms with Gasteiger partial charge in [0.15, 0.2) is 0 Å². The summed E-state index contributed by atoms with van der Waals surface area (Å²) in [6.45, 7) is 8.90. The Balaban J connectivity index is 2.06. The molecule has 0 bridgehead atoms. The van der Waals surface area contributed by atoms with Crippen LogP contribution in [-0.4, -0.2) is 22.2 Å². The van der Waals surface area contributed by atoms with Gasteiger partial charge < -0.3 is 5.32 Å². The molecule has 140 valence electrons. The summed E-state index contributed by atoms with van der Waals surface area (Å²) in [7, 11) is 0. The number of rotatable bonds is 5. The lowest BCUT2D eigenvalue weighted by atomic mass is 10.0. The van der Waals surface area contributed by atoms with E-state index in [-0.39, 0.29) is 5.91 Å². The van der Waals surface area contributed by atoms with Gasteiger partial charge in [0.2, 0.25) is 0 Å².